The SMILES string of the molecule is Cn1c(C(=O)N2C[C@H]3[C@@H]([C@H]2C(=O)N[C@H](C=O)C[C@@H]2CCNC2=O)C3(C)C)cc2cc(Cl)ccc21. The van der Waals surface area contributed by atoms with Crippen molar-refractivity contribution in [2.45, 2.75) is 38.8 Å². The number of piperidine rings is 1. The molecular weight excluding hydrogens is 456 g/mol. The number of hydrogen-bond acceptors (Lipinski definition) is 4. The van der Waals surface area contributed by atoms with Crippen molar-refractivity contribution in [1.29, 1.82) is 0 Å². The quantitative estimate of drug-likeness (QED) is 0.613. The van der Waals surface area contributed by atoms with Crippen LogP contribution in [-0.2, 0) is 21.4 Å². The smallest absolute Gasteiger partial charge is 0.271 e. The summed E-state index contributed by atoms with van der Waals surface area (Å²) < 4.78 is 1.82. The second-order valence-corrected chi connectivity index (χ2v) is 10.8. The minimum atomic E-state index is -0.765. The summed E-state index contributed by atoms with van der Waals surface area (Å²) in [5, 5.41) is 7.04. The van der Waals surface area contributed by atoms with Gasteiger partial charge in [-0.25, -0.2) is 0 Å². The van der Waals surface area contributed by atoms with Crippen LogP contribution in [-0.4, -0.2) is 58.6 Å². The van der Waals surface area contributed by atoms with Gasteiger partial charge in [0, 0.05) is 42.0 Å². The maximum absolute atomic E-state index is 13.7. The highest BCUT2D eigenvalue weighted by atomic mass is 35.5. The number of aromatic nitrogens is 1. The highest BCUT2D eigenvalue weighted by Gasteiger charge is 2.69. The lowest BCUT2D eigenvalue weighted by atomic mass is 9.97. The molecule has 1 saturated carbocycles. The van der Waals surface area contributed by atoms with Crippen LogP contribution in [0, 0.1) is 23.2 Å². The van der Waals surface area contributed by atoms with Crippen LogP contribution in [0.2, 0.25) is 5.02 Å². The van der Waals surface area contributed by atoms with Gasteiger partial charge in [0.05, 0.1) is 6.04 Å². The molecule has 0 unspecified atom stereocenters. The Bertz CT molecular complexity index is 1200. The van der Waals surface area contributed by atoms with Crippen molar-refractivity contribution in [2.24, 2.45) is 30.2 Å². The number of carbonyl (C=O) groups excluding carboxylic acids is 4. The first-order valence-electron chi connectivity index (χ1n) is 11.7. The highest BCUT2D eigenvalue weighted by molar-refractivity contribution is 6.31. The summed E-state index contributed by atoms with van der Waals surface area (Å²) in [6, 6.07) is 5.85. The van der Waals surface area contributed by atoms with Crippen molar-refractivity contribution in [1.82, 2.24) is 20.1 Å². The molecule has 34 heavy (non-hydrogen) atoms. The average molecular weight is 485 g/mol. The second kappa shape index (κ2) is 8.12. The Morgan fingerprint density at radius 3 is 2.76 bits per heavy atom. The van der Waals surface area contributed by atoms with Crippen LogP contribution in [0.5, 0.6) is 0 Å². The predicted octanol–water partition coefficient (Wildman–Crippen LogP) is 2.14. The molecule has 0 spiro atoms. The van der Waals surface area contributed by atoms with Gasteiger partial charge in [-0.15, -0.1) is 0 Å². The van der Waals surface area contributed by atoms with E-state index in [1.54, 1.807) is 17.0 Å². The lowest BCUT2D eigenvalue weighted by Crippen LogP contribution is -2.53. The molecule has 0 radical (unpaired) electrons. The van der Waals surface area contributed by atoms with E-state index in [-0.39, 0.29) is 47.3 Å². The first-order valence-corrected chi connectivity index (χ1v) is 12.1. The number of amides is 3. The van der Waals surface area contributed by atoms with E-state index in [0.717, 1.165) is 10.9 Å². The molecule has 3 amide bonds. The lowest BCUT2D eigenvalue weighted by molar-refractivity contribution is -0.129. The summed E-state index contributed by atoms with van der Waals surface area (Å²) in [5.41, 5.74) is 1.32. The molecule has 2 N–H and O–H groups in total. The molecule has 2 aliphatic heterocycles. The molecule has 180 valence electrons. The average Bonchev–Trinajstić information content (AvgIpc) is 3.24. The zero-order chi connectivity index (χ0) is 24.4. The Balaban J connectivity index is 1.39. The molecule has 9 heteroatoms. The maximum Gasteiger partial charge on any atom is 0.271 e. The number of nitrogens with one attached hydrogen (secondary N) is 2. The molecule has 5 atom stereocenters. The van der Waals surface area contributed by atoms with Crippen molar-refractivity contribution in [3.63, 3.8) is 0 Å². The summed E-state index contributed by atoms with van der Waals surface area (Å²) in [6.45, 7) is 5.31. The van der Waals surface area contributed by atoms with Gasteiger partial charge in [0.15, 0.2) is 0 Å². The van der Waals surface area contributed by atoms with Crippen LogP contribution in [0.15, 0.2) is 24.3 Å². The van der Waals surface area contributed by atoms with Crippen molar-refractivity contribution in [3.8, 4) is 0 Å². The van der Waals surface area contributed by atoms with E-state index in [1.807, 2.05) is 23.7 Å². The molecule has 2 saturated heterocycles. The van der Waals surface area contributed by atoms with Crippen molar-refractivity contribution < 1.29 is 19.2 Å². The van der Waals surface area contributed by atoms with Crippen LogP contribution in [0.25, 0.3) is 10.9 Å². The number of halogens is 1. The third kappa shape index (κ3) is 3.59. The molecule has 1 aromatic heterocycles. The Labute approximate surface area is 203 Å². The molecule has 2 aromatic rings. The topological polar surface area (TPSA) is 101 Å². The van der Waals surface area contributed by atoms with E-state index >= 15 is 0 Å². The summed E-state index contributed by atoms with van der Waals surface area (Å²) >= 11 is 6.13. The summed E-state index contributed by atoms with van der Waals surface area (Å²) in [6.07, 6.45) is 1.60. The van der Waals surface area contributed by atoms with Crippen molar-refractivity contribution >= 4 is 46.5 Å². The molecule has 0 bridgehead atoms. The van der Waals surface area contributed by atoms with Gasteiger partial charge < -0.3 is 24.9 Å². The van der Waals surface area contributed by atoms with Gasteiger partial charge in [0.2, 0.25) is 11.8 Å². The fraction of sp³-hybridized carbons (Fsp3) is 0.520. The van der Waals surface area contributed by atoms with E-state index in [0.29, 0.717) is 36.5 Å². The van der Waals surface area contributed by atoms with Gasteiger partial charge >= 0.3 is 0 Å². The highest BCUT2D eigenvalue weighted by Crippen LogP contribution is 2.65. The van der Waals surface area contributed by atoms with Crippen molar-refractivity contribution in [2.75, 3.05) is 13.1 Å². The lowest BCUT2D eigenvalue weighted by Gasteiger charge is -2.31. The number of aldehydes is 1. The number of benzene rings is 1. The van der Waals surface area contributed by atoms with Gasteiger partial charge in [-0.2, -0.15) is 0 Å². The molecule has 1 aliphatic carbocycles. The van der Waals surface area contributed by atoms with Crippen LogP contribution in [0.4, 0.5) is 0 Å². The summed E-state index contributed by atoms with van der Waals surface area (Å²) in [5.74, 6) is -0.656. The molecule has 3 fully saturated rings. The third-order valence-corrected chi connectivity index (χ3v) is 8.39. The number of fused-ring (bicyclic) bond motifs is 2. The third-order valence-electron chi connectivity index (χ3n) is 8.15. The zero-order valence-corrected chi connectivity index (χ0v) is 20.3. The summed E-state index contributed by atoms with van der Waals surface area (Å²) in [4.78, 5) is 52.4. The molecule has 3 heterocycles. The monoisotopic (exact) mass is 484 g/mol. The maximum atomic E-state index is 13.7. The molecule has 5 rings (SSSR count). The summed E-state index contributed by atoms with van der Waals surface area (Å²) in [7, 11) is 1.83. The van der Waals surface area contributed by atoms with Gasteiger partial charge in [-0.3, -0.25) is 14.4 Å². The number of hydrogen-bond donors (Lipinski definition) is 2. The predicted molar refractivity (Wildman–Crippen MR) is 127 cm³/mol. The van der Waals surface area contributed by atoms with Gasteiger partial charge in [0.25, 0.3) is 5.91 Å². The van der Waals surface area contributed by atoms with Gasteiger partial charge in [-0.1, -0.05) is 25.4 Å². The minimum Gasteiger partial charge on any atom is -0.356 e. The second-order valence-electron chi connectivity index (χ2n) is 10.4. The molecule has 1 aromatic carbocycles. The van der Waals surface area contributed by atoms with Gasteiger partial charge in [-0.05, 0) is 54.4 Å². The number of rotatable bonds is 6. The largest absolute Gasteiger partial charge is 0.356 e. The normalized spacial score (nSPS) is 27.9. The molecule has 8 nitrogen and oxygen atoms in total. The van der Waals surface area contributed by atoms with E-state index in [2.05, 4.69) is 24.5 Å². The Kier molecular flexibility index (Phi) is 5.47. The van der Waals surface area contributed by atoms with Crippen LogP contribution >= 0.6 is 11.6 Å². The standard InChI is InChI=1S/C25H29ClN4O4/c1-25(2)17-11-30(24(34)19-10-14-8-15(26)4-5-18(14)29(19)3)21(20(17)25)23(33)28-16(12-31)9-13-6-7-27-22(13)32/h4-5,8,10,12-13,16-17,20-21H,6-7,9,11H2,1-3H3,(H,27,32)(H,28,33)/t13-,16-,17-,20-,21-/m0/s1. The number of carbonyl (C=O) groups is 4. The van der Waals surface area contributed by atoms with E-state index in [1.165, 1.54) is 0 Å². The first kappa shape index (κ1) is 22.9. The Morgan fingerprint density at radius 2 is 2.09 bits per heavy atom. The Hall–Kier alpha value is -2.87. The van der Waals surface area contributed by atoms with Crippen LogP contribution < -0.4 is 10.6 Å². The van der Waals surface area contributed by atoms with Crippen molar-refractivity contribution in [3.05, 3.63) is 35.0 Å². The van der Waals surface area contributed by atoms with Crippen LogP contribution in [0.3, 0.4) is 0 Å². The number of nitrogens with zero attached hydrogens (tertiary/aromatic N) is 2. The molecular formula is C25H29ClN4O4. The van der Waals surface area contributed by atoms with E-state index in [4.69, 9.17) is 11.6 Å². The van der Waals surface area contributed by atoms with Gasteiger partial charge in [0.1, 0.15) is 18.0 Å². The van der Waals surface area contributed by atoms with E-state index < -0.39 is 12.1 Å². The Morgan fingerprint density at radius 1 is 1.32 bits per heavy atom. The van der Waals surface area contributed by atoms with E-state index in [9.17, 15) is 19.2 Å². The number of aryl methyl sites for hydroxylation is 1. The van der Waals surface area contributed by atoms with Crippen LogP contribution in [0.1, 0.15) is 37.2 Å². The number of likely N-dealkylation sites (tertiary alicyclic amines) is 1. The fourth-order valence-corrected chi connectivity index (χ4v) is 6.24. The minimum absolute atomic E-state index is 0.0302. The zero-order valence-electron chi connectivity index (χ0n) is 19.5. The first-order chi connectivity index (χ1) is 16.1. The molecule has 3 aliphatic rings. The fourth-order valence-electron chi connectivity index (χ4n) is 6.06.